The van der Waals surface area contributed by atoms with Crippen LogP contribution in [0.1, 0.15) is 44.6 Å². The molecule has 29 heavy (non-hydrogen) atoms. The fourth-order valence-corrected chi connectivity index (χ4v) is 5.56. The molecule has 4 rings (SSSR count). The molecule has 2 amide bonds. The van der Waals surface area contributed by atoms with E-state index in [2.05, 4.69) is 22.3 Å². The predicted octanol–water partition coefficient (Wildman–Crippen LogP) is 2.12. The molecule has 2 aliphatic carbocycles. The van der Waals surface area contributed by atoms with E-state index in [0.717, 1.165) is 44.6 Å². The Kier molecular flexibility index (Phi) is 6.09. The zero-order chi connectivity index (χ0) is 20.4. The quantitative estimate of drug-likeness (QED) is 0.814. The van der Waals surface area contributed by atoms with Gasteiger partial charge in [-0.15, -0.1) is 0 Å². The van der Waals surface area contributed by atoms with E-state index in [1.807, 2.05) is 17.0 Å². The Bertz CT molecular complexity index is 730. The second-order valence-electron chi connectivity index (χ2n) is 9.04. The summed E-state index contributed by atoms with van der Waals surface area (Å²) in [4.78, 5) is 28.7. The molecule has 0 aromatic heterocycles. The molecule has 1 saturated heterocycles. The lowest BCUT2D eigenvalue weighted by Crippen LogP contribution is -2.49. The van der Waals surface area contributed by atoms with Crippen LogP contribution in [0.4, 0.5) is 5.69 Å². The van der Waals surface area contributed by atoms with Crippen LogP contribution in [-0.2, 0) is 16.1 Å². The number of amides is 2. The molecular formula is C23H34N4O2. The Morgan fingerprint density at radius 2 is 1.72 bits per heavy atom. The third-order valence-corrected chi connectivity index (χ3v) is 7.29. The topological polar surface area (TPSA) is 78.7 Å². The largest absolute Gasteiger partial charge is 0.368 e. The summed E-state index contributed by atoms with van der Waals surface area (Å²) in [5, 5.41) is 3.21. The molecule has 1 aromatic carbocycles. The number of nitrogens with one attached hydrogen (secondary N) is 1. The van der Waals surface area contributed by atoms with E-state index >= 15 is 0 Å². The summed E-state index contributed by atoms with van der Waals surface area (Å²) in [7, 11) is 0. The molecule has 2 bridgehead atoms. The van der Waals surface area contributed by atoms with Crippen LogP contribution >= 0.6 is 0 Å². The minimum absolute atomic E-state index is 0.108. The molecule has 3 fully saturated rings. The van der Waals surface area contributed by atoms with Gasteiger partial charge in [-0.25, -0.2) is 0 Å². The van der Waals surface area contributed by atoms with Crippen LogP contribution in [0.3, 0.4) is 0 Å². The normalized spacial score (nSPS) is 29.4. The Balaban J connectivity index is 1.36. The predicted molar refractivity (Wildman–Crippen MR) is 114 cm³/mol. The second kappa shape index (κ2) is 8.74. The number of benzene rings is 1. The molecule has 2 atom stereocenters. The molecule has 1 aliphatic heterocycles. The summed E-state index contributed by atoms with van der Waals surface area (Å²) in [6, 6.07) is 8.58. The van der Waals surface area contributed by atoms with Crippen molar-refractivity contribution in [2.24, 2.45) is 23.5 Å². The lowest BCUT2D eigenvalue weighted by Gasteiger charge is -2.43. The number of fused-ring (bicyclic) bond motifs is 2. The van der Waals surface area contributed by atoms with Gasteiger partial charge in [0.1, 0.15) is 0 Å². The van der Waals surface area contributed by atoms with Gasteiger partial charge in [-0.05, 0) is 49.1 Å². The molecule has 6 heteroatoms. The van der Waals surface area contributed by atoms with Crippen molar-refractivity contribution in [3.05, 3.63) is 29.8 Å². The van der Waals surface area contributed by atoms with Gasteiger partial charge in [0.15, 0.2) is 0 Å². The molecule has 0 radical (unpaired) electrons. The molecule has 2 unspecified atom stereocenters. The molecule has 0 spiro atoms. The maximum Gasteiger partial charge on any atom is 0.223 e. The van der Waals surface area contributed by atoms with Crippen LogP contribution in [0.15, 0.2) is 24.3 Å². The Morgan fingerprint density at radius 3 is 2.38 bits per heavy atom. The number of nitrogens with zero attached hydrogens (tertiary/aromatic N) is 2. The summed E-state index contributed by atoms with van der Waals surface area (Å²) in [5.74, 6) is 1.47. The number of hydrogen-bond donors (Lipinski definition) is 2. The van der Waals surface area contributed by atoms with Crippen molar-refractivity contribution in [2.75, 3.05) is 31.1 Å². The zero-order valence-corrected chi connectivity index (χ0v) is 17.5. The minimum Gasteiger partial charge on any atom is -0.368 e. The monoisotopic (exact) mass is 398 g/mol. The van der Waals surface area contributed by atoms with Crippen LogP contribution in [0.2, 0.25) is 0 Å². The van der Waals surface area contributed by atoms with Crippen molar-refractivity contribution in [1.82, 2.24) is 10.2 Å². The Labute approximate surface area is 173 Å². The minimum atomic E-state index is 0.108. The molecule has 158 valence electrons. The summed E-state index contributed by atoms with van der Waals surface area (Å²) < 4.78 is 0. The second-order valence-corrected chi connectivity index (χ2v) is 9.04. The number of hydrogen-bond acceptors (Lipinski definition) is 4. The SMILES string of the molecule is CC(=O)N1CCN(c2ccccc2CNC(=O)C2CC3CCCC(C2)C3N)CC1. The molecule has 2 saturated carbocycles. The highest BCUT2D eigenvalue weighted by atomic mass is 16.2. The summed E-state index contributed by atoms with van der Waals surface area (Å²) in [5.41, 5.74) is 8.69. The number of para-hydroxylation sites is 1. The van der Waals surface area contributed by atoms with Crippen LogP contribution < -0.4 is 16.0 Å². The molecular weight excluding hydrogens is 364 g/mol. The zero-order valence-electron chi connectivity index (χ0n) is 17.5. The fraction of sp³-hybridized carbons (Fsp3) is 0.652. The third-order valence-electron chi connectivity index (χ3n) is 7.29. The van der Waals surface area contributed by atoms with Crippen LogP contribution in [0, 0.1) is 17.8 Å². The first kappa shape index (κ1) is 20.2. The van der Waals surface area contributed by atoms with E-state index in [9.17, 15) is 9.59 Å². The van der Waals surface area contributed by atoms with Gasteiger partial charge in [-0.2, -0.15) is 0 Å². The van der Waals surface area contributed by atoms with Gasteiger partial charge in [-0.1, -0.05) is 24.6 Å². The highest BCUT2D eigenvalue weighted by molar-refractivity contribution is 5.79. The Hall–Kier alpha value is -2.08. The number of rotatable bonds is 4. The first-order chi connectivity index (χ1) is 14.0. The highest BCUT2D eigenvalue weighted by Gasteiger charge is 2.40. The van der Waals surface area contributed by atoms with E-state index in [4.69, 9.17) is 5.73 Å². The summed E-state index contributed by atoms with van der Waals surface area (Å²) in [6.07, 6.45) is 5.50. The average molecular weight is 399 g/mol. The lowest BCUT2D eigenvalue weighted by atomic mass is 9.65. The van der Waals surface area contributed by atoms with Crippen molar-refractivity contribution in [3.63, 3.8) is 0 Å². The van der Waals surface area contributed by atoms with Gasteiger partial charge in [0, 0.05) is 57.3 Å². The standard InChI is InChI=1S/C23H34N4O2/c1-16(28)26-9-11-27(12-10-26)21-8-3-2-5-19(21)15-25-23(29)20-13-17-6-4-7-18(14-20)22(17)24/h2-3,5,8,17-18,20,22H,4,6-7,9-15,24H2,1H3,(H,25,29). The number of anilines is 1. The van der Waals surface area contributed by atoms with Crippen molar-refractivity contribution in [1.29, 1.82) is 0 Å². The van der Waals surface area contributed by atoms with Gasteiger partial charge < -0.3 is 20.9 Å². The molecule has 1 aromatic rings. The number of nitrogens with two attached hydrogens (primary N) is 1. The van der Waals surface area contributed by atoms with E-state index < -0.39 is 0 Å². The summed E-state index contributed by atoms with van der Waals surface area (Å²) in [6.45, 7) is 5.34. The molecule has 1 heterocycles. The van der Waals surface area contributed by atoms with E-state index in [1.54, 1.807) is 6.92 Å². The van der Waals surface area contributed by atoms with Gasteiger partial charge >= 0.3 is 0 Å². The lowest BCUT2D eigenvalue weighted by molar-refractivity contribution is -0.129. The van der Waals surface area contributed by atoms with Crippen molar-refractivity contribution in [2.45, 2.75) is 51.6 Å². The molecule has 6 nitrogen and oxygen atoms in total. The number of carbonyl (C=O) groups is 2. The fourth-order valence-electron chi connectivity index (χ4n) is 5.56. The smallest absolute Gasteiger partial charge is 0.223 e. The van der Waals surface area contributed by atoms with Gasteiger partial charge in [-0.3, -0.25) is 9.59 Å². The van der Waals surface area contributed by atoms with E-state index in [-0.39, 0.29) is 17.7 Å². The van der Waals surface area contributed by atoms with E-state index in [0.29, 0.717) is 24.4 Å². The maximum absolute atomic E-state index is 12.9. The Morgan fingerprint density at radius 1 is 1.07 bits per heavy atom. The first-order valence-electron chi connectivity index (χ1n) is 11.1. The van der Waals surface area contributed by atoms with Gasteiger partial charge in [0.05, 0.1) is 0 Å². The number of piperazine rings is 1. The summed E-state index contributed by atoms with van der Waals surface area (Å²) >= 11 is 0. The van der Waals surface area contributed by atoms with Gasteiger partial charge in [0.25, 0.3) is 0 Å². The average Bonchev–Trinajstić information content (AvgIpc) is 2.72. The molecule has 3 N–H and O–H groups in total. The van der Waals surface area contributed by atoms with Crippen molar-refractivity contribution < 1.29 is 9.59 Å². The van der Waals surface area contributed by atoms with Crippen molar-refractivity contribution >= 4 is 17.5 Å². The van der Waals surface area contributed by atoms with Gasteiger partial charge in [0.2, 0.25) is 11.8 Å². The highest BCUT2D eigenvalue weighted by Crippen LogP contribution is 2.41. The maximum atomic E-state index is 12.9. The third kappa shape index (κ3) is 4.42. The first-order valence-corrected chi connectivity index (χ1v) is 11.1. The van der Waals surface area contributed by atoms with Crippen LogP contribution in [0.25, 0.3) is 0 Å². The number of carbonyl (C=O) groups excluding carboxylic acids is 2. The van der Waals surface area contributed by atoms with Crippen LogP contribution in [-0.4, -0.2) is 48.9 Å². The molecule has 3 aliphatic rings. The van der Waals surface area contributed by atoms with Crippen LogP contribution in [0.5, 0.6) is 0 Å². The van der Waals surface area contributed by atoms with E-state index in [1.165, 1.54) is 24.9 Å². The van der Waals surface area contributed by atoms with Crippen molar-refractivity contribution in [3.8, 4) is 0 Å².